The molecule has 0 bridgehead atoms. The highest BCUT2D eigenvalue weighted by atomic mass is 16.5. The summed E-state index contributed by atoms with van der Waals surface area (Å²) in [6, 6.07) is 0. The number of rotatable bonds is 4. The second kappa shape index (κ2) is 5.61. The lowest BCUT2D eigenvalue weighted by Gasteiger charge is -2.16. The summed E-state index contributed by atoms with van der Waals surface area (Å²) in [6.07, 6.45) is 7.24. The van der Waals surface area contributed by atoms with E-state index in [-0.39, 0.29) is 12.0 Å². The van der Waals surface area contributed by atoms with Crippen molar-refractivity contribution in [2.75, 3.05) is 13.1 Å². The summed E-state index contributed by atoms with van der Waals surface area (Å²) >= 11 is 0. The molecule has 2 rings (SSSR count). The van der Waals surface area contributed by atoms with Crippen molar-refractivity contribution in [2.24, 2.45) is 0 Å². The maximum absolute atomic E-state index is 11.7. The lowest BCUT2D eigenvalue weighted by molar-refractivity contribution is -0.130. The third-order valence-electron chi connectivity index (χ3n) is 2.79. The van der Waals surface area contributed by atoms with Gasteiger partial charge in [0.05, 0.1) is 12.7 Å². The van der Waals surface area contributed by atoms with E-state index in [1.165, 1.54) is 0 Å². The van der Waals surface area contributed by atoms with Gasteiger partial charge in [-0.2, -0.15) is 0 Å². The average Bonchev–Trinajstić information content (AvgIpc) is 2.79. The van der Waals surface area contributed by atoms with Crippen LogP contribution in [0.15, 0.2) is 18.6 Å². The molecule has 92 valence electrons. The Morgan fingerprint density at radius 3 is 3.18 bits per heavy atom. The molecule has 1 fully saturated rings. The fraction of sp³-hybridized carbons (Fsp3) is 0.583. The molecule has 1 aromatic rings. The Hall–Kier alpha value is -1.65. The maximum atomic E-state index is 11.7. The third kappa shape index (κ3) is 3.15. The fourth-order valence-electron chi connectivity index (χ4n) is 1.94. The maximum Gasteiger partial charge on any atom is 0.232 e. The second-order valence-corrected chi connectivity index (χ2v) is 4.16. The number of likely N-dealkylation sites (tertiary alicyclic amines) is 1. The first-order valence-corrected chi connectivity index (χ1v) is 6.00. The van der Waals surface area contributed by atoms with Crippen molar-refractivity contribution in [1.29, 1.82) is 0 Å². The SMILES string of the molecule is CCCC(=O)N1CCC(Oc2cnccn2)C1. The molecule has 0 aromatic carbocycles. The Kier molecular flexibility index (Phi) is 3.90. The van der Waals surface area contributed by atoms with Gasteiger partial charge in [-0.15, -0.1) is 0 Å². The number of carbonyl (C=O) groups is 1. The molecular weight excluding hydrogens is 218 g/mol. The van der Waals surface area contributed by atoms with Gasteiger partial charge in [0, 0.05) is 31.8 Å². The summed E-state index contributed by atoms with van der Waals surface area (Å²) in [5.74, 6) is 0.750. The minimum Gasteiger partial charge on any atom is -0.471 e. The predicted molar refractivity (Wildman–Crippen MR) is 62.6 cm³/mol. The minimum atomic E-state index is 0.0486. The van der Waals surface area contributed by atoms with Crippen molar-refractivity contribution in [3.05, 3.63) is 18.6 Å². The largest absolute Gasteiger partial charge is 0.471 e. The Morgan fingerprint density at radius 1 is 1.59 bits per heavy atom. The smallest absolute Gasteiger partial charge is 0.232 e. The Morgan fingerprint density at radius 2 is 2.47 bits per heavy atom. The van der Waals surface area contributed by atoms with Gasteiger partial charge in [0.1, 0.15) is 6.10 Å². The highest BCUT2D eigenvalue weighted by Crippen LogP contribution is 2.16. The Bertz CT molecular complexity index is 369. The van der Waals surface area contributed by atoms with Crippen LogP contribution in [0.3, 0.4) is 0 Å². The van der Waals surface area contributed by atoms with Crippen LogP contribution in [0.2, 0.25) is 0 Å². The Balaban J connectivity index is 1.84. The van der Waals surface area contributed by atoms with E-state index in [1.54, 1.807) is 18.6 Å². The van der Waals surface area contributed by atoms with Crippen LogP contribution in [-0.2, 0) is 4.79 Å². The normalized spacial score (nSPS) is 19.4. The molecule has 17 heavy (non-hydrogen) atoms. The summed E-state index contributed by atoms with van der Waals surface area (Å²) in [5.41, 5.74) is 0. The van der Waals surface area contributed by atoms with Crippen LogP contribution < -0.4 is 4.74 Å². The van der Waals surface area contributed by atoms with Crippen molar-refractivity contribution >= 4 is 5.91 Å². The van der Waals surface area contributed by atoms with E-state index in [0.717, 1.165) is 19.4 Å². The molecule has 0 saturated carbocycles. The minimum absolute atomic E-state index is 0.0486. The average molecular weight is 235 g/mol. The van der Waals surface area contributed by atoms with Gasteiger partial charge < -0.3 is 9.64 Å². The molecular formula is C12H17N3O2. The van der Waals surface area contributed by atoms with Crippen LogP contribution in [0, 0.1) is 0 Å². The standard InChI is InChI=1S/C12H17N3O2/c1-2-3-12(16)15-7-4-10(9-15)17-11-8-13-5-6-14-11/h5-6,8,10H,2-4,7,9H2,1H3. The van der Waals surface area contributed by atoms with E-state index in [2.05, 4.69) is 9.97 Å². The lowest BCUT2D eigenvalue weighted by atomic mass is 10.3. The summed E-state index contributed by atoms with van der Waals surface area (Å²) in [4.78, 5) is 21.6. The molecule has 1 aromatic heterocycles. The van der Waals surface area contributed by atoms with Gasteiger partial charge in [-0.1, -0.05) is 6.92 Å². The predicted octanol–water partition coefficient (Wildman–Crippen LogP) is 1.26. The highest BCUT2D eigenvalue weighted by molar-refractivity contribution is 5.76. The molecule has 0 radical (unpaired) electrons. The molecule has 2 heterocycles. The van der Waals surface area contributed by atoms with Gasteiger partial charge in [0.15, 0.2) is 0 Å². The zero-order valence-electron chi connectivity index (χ0n) is 10.0. The van der Waals surface area contributed by atoms with Crippen LogP contribution in [0.25, 0.3) is 0 Å². The van der Waals surface area contributed by atoms with Crippen molar-refractivity contribution in [3.8, 4) is 5.88 Å². The first-order chi connectivity index (χ1) is 8.29. The number of aromatic nitrogens is 2. The fourth-order valence-corrected chi connectivity index (χ4v) is 1.94. The van der Waals surface area contributed by atoms with E-state index in [1.807, 2.05) is 11.8 Å². The van der Waals surface area contributed by atoms with Crippen molar-refractivity contribution in [1.82, 2.24) is 14.9 Å². The van der Waals surface area contributed by atoms with Gasteiger partial charge in [-0.3, -0.25) is 9.78 Å². The quantitative estimate of drug-likeness (QED) is 0.788. The molecule has 0 aliphatic carbocycles. The van der Waals surface area contributed by atoms with E-state index in [0.29, 0.717) is 18.8 Å². The first kappa shape index (κ1) is 11.8. The summed E-state index contributed by atoms with van der Waals surface area (Å²) in [7, 11) is 0. The van der Waals surface area contributed by atoms with Crippen LogP contribution in [0.5, 0.6) is 5.88 Å². The van der Waals surface area contributed by atoms with Gasteiger partial charge in [-0.25, -0.2) is 4.98 Å². The summed E-state index contributed by atoms with van der Waals surface area (Å²) < 4.78 is 5.67. The van der Waals surface area contributed by atoms with E-state index in [4.69, 9.17) is 4.74 Å². The number of hydrogen-bond donors (Lipinski definition) is 0. The molecule has 0 N–H and O–H groups in total. The highest BCUT2D eigenvalue weighted by Gasteiger charge is 2.27. The van der Waals surface area contributed by atoms with Crippen molar-refractivity contribution < 1.29 is 9.53 Å². The van der Waals surface area contributed by atoms with Crippen LogP contribution >= 0.6 is 0 Å². The van der Waals surface area contributed by atoms with Gasteiger partial charge >= 0.3 is 0 Å². The van der Waals surface area contributed by atoms with E-state index < -0.39 is 0 Å². The zero-order chi connectivity index (χ0) is 12.1. The molecule has 1 aliphatic heterocycles. The lowest BCUT2D eigenvalue weighted by Crippen LogP contribution is -2.30. The topological polar surface area (TPSA) is 55.3 Å². The number of amides is 1. The molecule has 0 spiro atoms. The molecule has 1 atom stereocenters. The molecule has 1 unspecified atom stereocenters. The second-order valence-electron chi connectivity index (χ2n) is 4.16. The van der Waals surface area contributed by atoms with Gasteiger partial charge in [0.25, 0.3) is 0 Å². The van der Waals surface area contributed by atoms with E-state index >= 15 is 0 Å². The number of ether oxygens (including phenoxy) is 1. The summed E-state index contributed by atoms with van der Waals surface area (Å²) in [6.45, 7) is 3.46. The third-order valence-corrected chi connectivity index (χ3v) is 2.79. The van der Waals surface area contributed by atoms with Gasteiger partial charge in [-0.05, 0) is 6.42 Å². The molecule has 1 amide bonds. The number of nitrogens with zero attached hydrogens (tertiary/aromatic N) is 3. The molecule has 5 heteroatoms. The van der Waals surface area contributed by atoms with Crippen LogP contribution in [0.1, 0.15) is 26.2 Å². The zero-order valence-corrected chi connectivity index (χ0v) is 10.0. The molecule has 1 saturated heterocycles. The number of hydrogen-bond acceptors (Lipinski definition) is 4. The molecule has 5 nitrogen and oxygen atoms in total. The van der Waals surface area contributed by atoms with Crippen LogP contribution in [-0.4, -0.2) is 40.0 Å². The monoisotopic (exact) mass is 235 g/mol. The molecule has 1 aliphatic rings. The van der Waals surface area contributed by atoms with Crippen molar-refractivity contribution in [3.63, 3.8) is 0 Å². The number of carbonyl (C=O) groups excluding carboxylic acids is 1. The Labute approximate surface area is 101 Å². The first-order valence-electron chi connectivity index (χ1n) is 6.00. The summed E-state index contributed by atoms with van der Waals surface area (Å²) in [5, 5.41) is 0. The van der Waals surface area contributed by atoms with E-state index in [9.17, 15) is 4.79 Å². The van der Waals surface area contributed by atoms with Gasteiger partial charge in [0.2, 0.25) is 11.8 Å². The van der Waals surface area contributed by atoms with Crippen molar-refractivity contribution in [2.45, 2.75) is 32.3 Å². The van der Waals surface area contributed by atoms with Crippen LogP contribution in [0.4, 0.5) is 0 Å².